The van der Waals surface area contributed by atoms with E-state index < -0.39 is 34.9 Å². The van der Waals surface area contributed by atoms with Crippen LogP contribution >= 0.6 is 23.2 Å². The lowest BCUT2D eigenvalue weighted by molar-refractivity contribution is -0.136. The molecule has 0 aliphatic heterocycles. The number of benzene rings is 2. The van der Waals surface area contributed by atoms with Gasteiger partial charge in [0.1, 0.15) is 4.90 Å². The number of carbonyl (C=O) groups is 2. The van der Waals surface area contributed by atoms with Crippen molar-refractivity contribution in [2.75, 3.05) is 10.8 Å². The zero-order valence-electron chi connectivity index (χ0n) is 13.1. The summed E-state index contributed by atoms with van der Waals surface area (Å²) in [4.78, 5) is 22.1. The second kappa shape index (κ2) is 7.94. The molecule has 7 nitrogen and oxygen atoms in total. The first-order chi connectivity index (χ1) is 12.1. The van der Waals surface area contributed by atoms with Crippen molar-refractivity contribution >= 4 is 50.9 Å². The minimum absolute atomic E-state index is 0.109. The number of nitrogens with zero attached hydrogens (tertiary/aromatic N) is 1. The maximum Gasteiger partial charge on any atom is 0.337 e. The number of hydrogen-bond donors (Lipinski definition) is 2. The number of halogens is 2. The van der Waals surface area contributed by atoms with Crippen molar-refractivity contribution in [1.29, 1.82) is 0 Å². The molecule has 2 rings (SSSR count). The molecule has 0 spiro atoms. The summed E-state index contributed by atoms with van der Waals surface area (Å²) in [6, 6.07) is 9.19. The molecule has 0 amide bonds. The summed E-state index contributed by atoms with van der Waals surface area (Å²) in [5.41, 5.74) is -0.461. The molecule has 26 heavy (non-hydrogen) atoms. The molecule has 0 unspecified atom stereocenters. The Bertz CT molecular complexity index is 961. The molecule has 0 aromatic heterocycles. The molecule has 0 fully saturated rings. The van der Waals surface area contributed by atoms with E-state index in [1.54, 1.807) is 0 Å². The minimum atomic E-state index is -4.37. The molecule has 0 saturated carbocycles. The third-order valence-electron chi connectivity index (χ3n) is 3.39. The fourth-order valence-corrected chi connectivity index (χ4v) is 4.46. The van der Waals surface area contributed by atoms with Gasteiger partial charge in [-0.3, -0.25) is 9.10 Å². The third kappa shape index (κ3) is 4.27. The molecule has 10 heteroatoms. The largest absolute Gasteiger partial charge is 0.481 e. The topological polar surface area (TPSA) is 112 Å². The van der Waals surface area contributed by atoms with Crippen LogP contribution in [0, 0.1) is 0 Å². The zero-order valence-corrected chi connectivity index (χ0v) is 15.4. The van der Waals surface area contributed by atoms with Gasteiger partial charge in [0.2, 0.25) is 0 Å². The highest BCUT2D eigenvalue weighted by molar-refractivity contribution is 7.93. The number of aromatic carboxylic acids is 1. The van der Waals surface area contributed by atoms with E-state index in [0.717, 1.165) is 6.07 Å². The van der Waals surface area contributed by atoms with Gasteiger partial charge in [-0.05, 0) is 30.3 Å². The molecular formula is C16H13Cl2NO6S. The van der Waals surface area contributed by atoms with Crippen LogP contribution in [0.4, 0.5) is 5.69 Å². The van der Waals surface area contributed by atoms with Crippen molar-refractivity contribution in [1.82, 2.24) is 0 Å². The van der Waals surface area contributed by atoms with E-state index in [4.69, 9.17) is 28.3 Å². The Morgan fingerprint density at radius 2 is 1.69 bits per heavy atom. The van der Waals surface area contributed by atoms with Gasteiger partial charge in [-0.15, -0.1) is 0 Å². The van der Waals surface area contributed by atoms with Gasteiger partial charge >= 0.3 is 11.9 Å². The lowest BCUT2D eigenvalue weighted by atomic mass is 10.2. The van der Waals surface area contributed by atoms with Crippen molar-refractivity contribution in [2.24, 2.45) is 0 Å². The molecule has 0 aliphatic rings. The molecule has 0 aliphatic carbocycles. The van der Waals surface area contributed by atoms with Gasteiger partial charge in [0.15, 0.2) is 0 Å². The second-order valence-corrected chi connectivity index (χ2v) is 7.79. The standard InChI is InChI=1S/C16H13Cl2NO6S/c17-10-5-6-12(18)14(9-10)26(24,25)19(8-7-15(20)21)13-4-2-1-3-11(13)16(22)23/h1-6,9H,7-8H2,(H,20,21)(H,22,23). The van der Waals surface area contributed by atoms with Crippen molar-refractivity contribution < 1.29 is 28.2 Å². The predicted octanol–water partition coefficient (Wildman–Crippen LogP) is 3.36. The van der Waals surface area contributed by atoms with E-state index in [1.807, 2.05) is 0 Å². The Hall–Kier alpha value is -2.29. The Kier molecular flexibility index (Phi) is 6.12. The van der Waals surface area contributed by atoms with E-state index in [1.165, 1.54) is 36.4 Å². The van der Waals surface area contributed by atoms with Gasteiger partial charge in [-0.1, -0.05) is 35.3 Å². The first-order valence-electron chi connectivity index (χ1n) is 7.16. The molecule has 0 heterocycles. The quantitative estimate of drug-likeness (QED) is 0.713. The van der Waals surface area contributed by atoms with Gasteiger partial charge in [-0.25, -0.2) is 13.2 Å². The van der Waals surface area contributed by atoms with Crippen LogP contribution in [0.3, 0.4) is 0 Å². The number of para-hydroxylation sites is 1. The highest BCUT2D eigenvalue weighted by atomic mass is 35.5. The SMILES string of the molecule is O=C(O)CCN(c1ccccc1C(=O)O)S(=O)(=O)c1cc(Cl)ccc1Cl. The van der Waals surface area contributed by atoms with Gasteiger partial charge in [0.05, 0.1) is 22.7 Å². The van der Waals surface area contributed by atoms with Crippen molar-refractivity contribution in [3.8, 4) is 0 Å². The third-order valence-corrected chi connectivity index (χ3v) is 5.92. The number of carboxylic acid groups (broad SMARTS) is 2. The van der Waals surface area contributed by atoms with Crippen molar-refractivity contribution in [3.05, 3.63) is 58.1 Å². The number of anilines is 1. The summed E-state index contributed by atoms with van der Waals surface area (Å²) in [5, 5.41) is 18.3. The van der Waals surface area contributed by atoms with Crippen LogP contribution in [0.2, 0.25) is 10.0 Å². The van der Waals surface area contributed by atoms with E-state index in [2.05, 4.69) is 0 Å². The van der Waals surface area contributed by atoms with Crippen LogP contribution in [0.1, 0.15) is 16.8 Å². The molecular weight excluding hydrogens is 405 g/mol. The van der Waals surface area contributed by atoms with Gasteiger partial charge in [0.25, 0.3) is 10.0 Å². The van der Waals surface area contributed by atoms with Gasteiger partial charge in [-0.2, -0.15) is 0 Å². The van der Waals surface area contributed by atoms with Crippen molar-refractivity contribution in [3.63, 3.8) is 0 Å². The van der Waals surface area contributed by atoms with Crippen LogP contribution < -0.4 is 4.31 Å². The van der Waals surface area contributed by atoms with Crippen LogP contribution in [0.15, 0.2) is 47.4 Å². The molecule has 2 N–H and O–H groups in total. The lowest BCUT2D eigenvalue weighted by Gasteiger charge is -2.25. The van der Waals surface area contributed by atoms with E-state index >= 15 is 0 Å². The molecule has 0 bridgehead atoms. The van der Waals surface area contributed by atoms with Gasteiger partial charge < -0.3 is 10.2 Å². The van der Waals surface area contributed by atoms with Gasteiger partial charge in [0, 0.05) is 11.6 Å². The maximum atomic E-state index is 13.1. The summed E-state index contributed by atoms with van der Waals surface area (Å²) in [6.45, 7) is -0.481. The Morgan fingerprint density at radius 1 is 1.04 bits per heavy atom. The summed E-state index contributed by atoms with van der Waals surface area (Å²) >= 11 is 11.8. The van der Waals surface area contributed by atoms with E-state index in [9.17, 15) is 23.1 Å². The van der Waals surface area contributed by atoms with E-state index in [-0.39, 0.29) is 26.2 Å². The minimum Gasteiger partial charge on any atom is -0.481 e. The first kappa shape index (κ1) is 20.0. The average molecular weight is 418 g/mol. The van der Waals surface area contributed by atoms with E-state index in [0.29, 0.717) is 4.31 Å². The summed E-state index contributed by atoms with van der Waals surface area (Å²) in [6.07, 6.45) is -0.536. The molecule has 2 aromatic rings. The highest BCUT2D eigenvalue weighted by Crippen LogP contribution is 2.32. The lowest BCUT2D eigenvalue weighted by Crippen LogP contribution is -2.34. The molecule has 2 aromatic carbocycles. The van der Waals surface area contributed by atoms with Crippen LogP contribution in [-0.4, -0.2) is 37.1 Å². The number of sulfonamides is 1. The fraction of sp³-hybridized carbons (Fsp3) is 0.125. The number of carboxylic acids is 2. The van der Waals surface area contributed by atoms with Crippen LogP contribution in [-0.2, 0) is 14.8 Å². The Labute approximate surface area is 159 Å². The van der Waals surface area contributed by atoms with Crippen LogP contribution in [0.5, 0.6) is 0 Å². The number of aliphatic carboxylic acids is 1. The molecule has 0 atom stereocenters. The Morgan fingerprint density at radius 3 is 2.31 bits per heavy atom. The summed E-state index contributed by atoms with van der Waals surface area (Å²) in [7, 11) is -4.37. The first-order valence-corrected chi connectivity index (χ1v) is 9.36. The average Bonchev–Trinajstić information content (AvgIpc) is 2.57. The molecule has 0 radical (unpaired) electrons. The number of hydrogen-bond acceptors (Lipinski definition) is 4. The maximum absolute atomic E-state index is 13.1. The normalized spacial score (nSPS) is 11.2. The van der Waals surface area contributed by atoms with Crippen LogP contribution in [0.25, 0.3) is 0 Å². The van der Waals surface area contributed by atoms with Crippen molar-refractivity contribution in [2.45, 2.75) is 11.3 Å². The zero-order chi connectivity index (χ0) is 19.5. The molecule has 0 saturated heterocycles. The summed E-state index contributed by atoms with van der Waals surface area (Å²) < 4.78 is 26.9. The second-order valence-electron chi connectivity index (χ2n) is 5.12. The molecule has 138 valence electrons. The monoisotopic (exact) mass is 417 g/mol. The smallest absolute Gasteiger partial charge is 0.337 e. The highest BCUT2D eigenvalue weighted by Gasteiger charge is 2.30. The summed E-state index contributed by atoms with van der Waals surface area (Å²) in [5.74, 6) is -2.59. The Balaban J connectivity index is 2.67. The fourth-order valence-electron chi connectivity index (χ4n) is 2.23. The number of rotatable bonds is 7. The predicted molar refractivity (Wildman–Crippen MR) is 96.6 cm³/mol.